The van der Waals surface area contributed by atoms with Gasteiger partial charge in [-0.15, -0.1) is 0 Å². The first-order valence-electron chi connectivity index (χ1n) is 5.83. The largest absolute Gasteiger partial charge is 0.422 e. The minimum Gasteiger partial charge on any atom is -0.422 e. The molecule has 0 saturated heterocycles. The first-order valence-corrected chi connectivity index (χ1v) is 6.21. The van der Waals surface area contributed by atoms with E-state index in [1.54, 1.807) is 6.07 Å². The van der Waals surface area contributed by atoms with Gasteiger partial charge in [0.05, 0.1) is 0 Å². The summed E-state index contributed by atoms with van der Waals surface area (Å²) >= 11 is 5.72. The van der Waals surface area contributed by atoms with Crippen LogP contribution < -0.4 is 10.5 Å². The number of pyridine rings is 1. The zero-order valence-corrected chi connectivity index (χ0v) is 11.3. The molecule has 0 aliphatic rings. The van der Waals surface area contributed by atoms with E-state index in [0.717, 1.165) is 16.6 Å². The van der Waals surface area contributed by atoms with Crippen LogP contribution in [0.15, 0.2) is 30.3 Å². The van der Waals surface area contributed by atoms with Gasteiger partial charge in [-0.3, -0.25) is 0 Å². The lowest BCUT2D eigenvalue weighted by Gasteiger charge is -2.07. The molecule has 0 radical (unpaired) electrons. The summed E-state index contributed by atoms with van der Waals surface area (Å²) in [5.74, 6) is 0.539. The van der Waals surface area contributed by atoms with E-state index in [0.29, 0.717) is 5.75 Å². The normalized spacial score (nSPS) is 10.7. The van der Waals surface area contributed by atoms with Crippen LogP contribution in [0.25, 0.3) is 10.9 Å². The van der Waals surface area contributed by atoms with Crippen LogP contribution in [-0.2, 0) is 0 Å². The summed E-state index contributed by atoms with van der Waals surface area (Å²) in [6.07, 6.45) is 0. The molecule has 2 aromatic heterocycles. The van der Waals surface area contributed by atoms with E-state index in [1.807, 2.05) is 31.2 Å². The highest BCUT2D eigenvalue weighted by Gasteiger charge is 2.09. The monoisotopic (exact) mass is 287 g/mol. The molecule has 7 heteroatoms. The van der Waals surface area contributed by atoms with Crippen molar-refractivity contribution in [1.82, 2.24) is 19.9 Å². The van der Waals surface area contributed by atoms with E-state index in [9.17, 15) is 0 Å². The Kier molecular flexibility index (Phi) is 3.08. The van der Waals surface area contributed by atoms with E-state index >= 15 is 0 Å². The number of nitrogens with zero attached hydrogens (tertiary/aromatic N) is 4. The molecule has 100 valence electrons. The fourth-order valence-corrected chi connectivity index (χ4v) is 1.95. The highest BCUT2D eigenvalue weighted by molar-refractivity contribution is 6.28. The fraction of sp³-hybridized carbons (Fsp3) is 0.0769. The Hall–Kier alpha value is -2.47. The lowest BCUT2D eigenvalue weighted by Crippen LogP contribution is -2.00. The molecule has 3 aromatic rings. The van der Waals surface area contributed by atoms with Crippen molar-refractivity contribution >= 4 is 28.5 Å². The van der Waals surface area contributed by atoms with Gasteiger partial charge in [0.15, 0.2) is 5.75 Å². The molecular formula is C13H10ClN5O. The number of halogens is 1. The average Bonchev–Trinajstić information content (AvgIpc) is 2.38. The van der Waals surface area contributed by atoms with E-state index < -0.39 is 0 Å². The van der Waals surface area contributed by atoms with Crippen molar-refractivity contribution in [3.63, 3.8) is 0 Å². The molecule has 0 bridgehead atoms. The van der Waals surface area contributed by atoms with Gasteiger partial charge >= 0.3 is 6.01 Å². The summed E-state index contributed by atoms with van der Waals surface area (Å²) in [6, 6.07) is 9.54. The van der Waals surface area contributed by atoms with Crippen LogP contribution in [0.5, 0.6) is 11.8 Å². The molecule has 6 nitrogen and oxygen atoms in total. The predicted octanol–water partition coefficient (Wildman–Crippen LogP) is 2.76. The lowest BCUT2D eigenvalue weighted by atomic mass is 10.2. The molecule has 0 aliphatic carbocycles. The Morgan fingerprint density at radius 1 is 1.05 bits per heavy atom. The van der Waals surface area contributed by atoms with Crippen LogP contribution in [0.2, 0.25) is 5.28 Å². The zero-order chi connectivity index (χ0) is 14.1. The van der Waals surface area contributed by atoms with Gasteiger partial charge in [-0.2, -0.15) is 15.0 Å². The summed E-state index contributed by atoms with van der Waals surface area (Å²) in [7, 11) is 0. The maximum atomic E-state index is 5.72. The van der Waals surface area contributed by atoms with Gasteiger partial charge in [0.1, 0.15) is 5.52 Å². The van der Waals surface area contributed by atoms with Crippen LogP contribution in [0.4, 0.5) is 5.95 Å². The molecule has 3 rings (SSSR count). The Morgan fingerprint density at radius 3 is 2.70 bits per heavy atom. The maximum Gasteiger partial charge on any atom is 0.328 e. The first kappa shape index (κ1) is 12.6. The van der Waals surface area contributed by atoms with Gasteiger partial charge in [0.25, 0.3) is 0 Å². The van der Waals surface area contributed by atoms with Crippen LogP contribution >= 0.6 is 11.6 Å². The van der Waals surface area contributed by atoms with Crippen molar-refractivity contribution in [2.24, 2.45) is 0 Å². The van der Waals surface area contributed by atoms with Crippen LogP contribution in [0.3, 0.4) is 0 Å². The number of benzene rings is 1. The van der Waals surface area contributed by atoms with Gasteiger partial charge in [0, 0.05) is 11.1 Å². The number of anilines is 1. The summed E-state index contributed by atoms with van der Waals surface area (Å²) in [5.41, 5.74) is 7.12. The average molecular weight is 288 g/mol. The lowest BCUT2D eigenvalue weighted by molar-refractivity contribution is 0.444. The highest BCUT2D eigenvalue weighted by atomic mass is 35.5. The number of fused-ring (bicyclic) bond motifs is 1. The first-order chi connectivity index (χ1) is 9.61. The summed E-state index contributed by atoms with van der Waals surface area (Å²) in [4.78, 5) is 15.9. The van der Waals surface area contributed by atoms with E-state index in [-0.39, 0.29) is 17.2 Å². The summed E-state index contributed by atoms with van der Waals surface area (Å²) in [6.45, 7) is 1.91. The third-order valence-electron chi connectivity index (χ3n) is 2.63. The second-order valence-electron chi connectivity index (χ2n) is 4.13. The van der Waals surface area contributed by atoms with Crippen LogP contribution in [0, 0.1) is 6.92 Å². The molecule has 2 N–H and O–H groups in total. The minimum atomic E-state index is -0.0168. The number of para-hydroxylation sites is 1. The van der Waals surface area contributed by atoms with Crippen molar-refractivity contribution in [2.75, 3.05) is 5.73 Å². The van der Waals surface area contributed by atoms with Gasteiger partial charge in [0.2, 0.25) is 11.2 Å². The summed E-state index contributed by atoms with van der Waals surface area (Å²) < 4.78 is 5.62. The molecule has 0 unspecified atom stereocenters. The van der Waals surface area contributed by atoms with Crippen molar-refractivity contribution in [1.29, 1.82) is 0 Å². The topological polar surface area (TPSA) is 86.8 Å². The molecule has 2 heterocycles. The number of ether oxygens (including phenoxy) is 1. The van der Waals surface area contributed by atoms with Crippen molar-refractivity contribution < 1.29 is 4.74 Å². The predicted molar refractivity (Wildman–Crippen MR) is 75.8 cm³/mol. The fourth-order valence-electron chi connectivity index (χ4n) is 1.79. The van der Waals surface area contributed by atoms with Gasteiger partial charge in [-0.05, 0) is 30.7 Å². The van der Waals surface area contributed by atoms with Gasteiger partial charge in [-0.1, -0.05) is 18.2 Å². The second-order valence-corrected chi connectivity index (χ2v) is 4.47. The van der Waals surface area contributed by atoms with Crippen molar-refractivity contribution in [3.05, 3.63) is 41.3 Å². The molecule has 0 aliphatic heterocycles. The highest BCUT2D eigenvalue weighted by Crippen LogP contribution is 2.27. The molecule has 0 fully saturated rings. The zero-order valence-electron chi connectivity index (χ0n) is 10.5. The Bertz CT molecular complexity index is 773. The number of hydrogen-bond acceptors (Lipinski definition) is 6. The number of hydrogen-bond donors (Lipinski definition) is 1. The molecule has 1 aromatic carbocycles. The smallest absolute Gasteiger partial charge is 0.328 e. The molecule has 0 amide bonds. The number of rotatable bonds is 2. The van der Waals surface area contributed by atoms with Crippen molar-refractivity contribution in [2.45, 2.75) is 6.92 Å². The molecule has 0 saturated carbocycles. The van der Waals surface area contributed by atoms with E-state index in [2.05, 4.69) is 19.9 Å². The third-order valence-corrected chi connectivity index (χ3v) is 2.80. The van der Waals surface area contributed by atoms with Crippen molar-refractivity contribution in [3.8, 4) is 11.8 Å². The number of nitrogen functional groups attached to an aromatic ring is 1. The molecule has 0 atom stereocenters. The van der Waals surface area contributed by atoms with Crippen LogP contribution in [-0.4, -0.2) is 19.9 Å². The Labute approximate surface area is 119 Å². The van der Waals surface area contributed by atoms with Gasteiger partial charge in [-0.25, -0.2) is 4.98 Å². The number of aromatic nitrogens is 4. The standard InChI is InChI=1S/C13H10ClN5O/c1-7-5-6-8-3-2-4-9(10(8)16-7)20-13-18-11(14)17-12(15)19-13/h2-6H,1H3,(H2,15,17,18,19). The Balaban J connectivity index is 2.08. The Morgan fingerprint density at radius 2 is 1.90 bits per heavy atom. The second kappa shape index (κ2) is 4.90. The molecule has 0 spiro atoms. The number of aryl methyl sites for hydroxylation is 1. The quantitative estimate of drug-likeness (QED) is 0.780. The van der Waals surface area contributed by atoms with Crippen LogP contribution in [0.1, 0.15) is 5.69 Å². The number of nitrogens with two attached hydrogens (primary N) is 1. The van der Waals surface area contributed by atoms with E-state index in [4.69, 9.17) is 22.1 Å². The third kappa shape index (κ3) is 2.46. The molecular weight excluding hydrogens is 278 g/mol. The SMILES string of the molecule is Cc1ccc2cccc(Oc3nc(N)nc(Cl)n3)c2n1. The maximum absolute atomic E-state index is 5.72. The minimum absolute atomic E-state index is 0.00405. The van der Waals surface area contributed by atoms with E-state index in [1.165, 1.54) is 0 Å². The van der Waals surface area contributed by atoms with Gasteiger partial charge < -0.3 is 10.5 Å². The summed E-state index contributed by atoms with van der Waals surface area (Å²) in [5, 5.41) is 0.943. The molecule has 20 heavy (non-hydrogen) atoms.